The van der Waals surface area contributed by atoms with Gasteiger partial charge in [-0.3, -0.25) is 4.79 Å². The standard InChI is InChI=1S/C45H60N2O8/c1-5-23-52-45-40(47(4)44(50)31-16-17-31)28-38(46-55-41-14-8-11-24-51-41)36-26-32(12-6-9-21-48)35(13-7-10-22-49)42(43(36)45)37-27-34(19-20-39(37)54-45)53-33-18-15-29(2)30(3)25-33/h5,15,18-20,25-27,31-32,35,40-43,48-49H,1,6-14,16-17,21-24,28H2,2-4H3. The van der Waals surface area contributed by atoms with Gasteiger partial charge in [-0.2, -0.15) is 0 Å². The van der Waals surface area contributed by atoms with E-state index in [0.29, 0.717) is 30.9 Å². The van der Waals surface area contributed by atoms with Crippen LogP contribution in [0, 0.1) is 37.5 Å². The smallest absolute Gasteiger partial charge is 0.239 e. The molecule has 10 heteroatoms. The highest BCUT2D eigenvalue weighted by molar-refractivity contribution is 6.03. The average Bonchev–Trinajstić information content (AvgIpc) is 4.05. The molecule has 0 aromatic heterocycles. The number of benzene rings is 2. The zero-order valence-electron chi connectivity index (χ0n) is 32.9. The number of oxime groups is 1. The first-order chi connectivity index (χ1) is 26.8. The molecule has 7 atom stereocenters. The third-order valence-corrected chi connectivity index (χ3v) is 12.5. The molecule has 2 aromatic rings. The summed E-state index contributed by atoms with van der Waals surface area (Å²) in [7, 11) is 1.88. The summed E-state index contributed by atoms with van der Waals surface area (Å²) >= 11 is 0. The van der Waals surface area contributed by atoms with Gasteiger partial charge in [-0.25, -0.2) is 0 Å². The lowest BCUT2D eigenvalue weighted by Crippen LogP contribution is -2.69. The number of aryl methyl sites for hydroxylation is 2. The maximum absolute atomic E-state index is 14.0. The Morgan fingerprint density at radius 3 is 2.47 bits per heavy atom. The molecule has 2 saturated carbocycles. The molecule has 1 saturated heterocycles. The second-order valence-corrected chi connectivity index (χ2v) is 16.2. The summed E-state index contributed by atoms with van der Waals surface area (Å²) in [6, 6.07) is 11.7. The first-order valence-electron chi connectivity index (χ1n) is 20.7. The Balaban J connectivity index is 1.40. The number of hydrogen-bond donors (Lipinski definition) is 2. The molecule has 2 N–H and O–H groups in total. The Labute approximate surface area is 326 Å². The van der Waals surface area contributed by atoms with E-state index < -0.39 is 18.1 Å². The first kappa shape index (κ1) is 39.5. The first-order valence-corrected chi connectivity index (χ1v) is 20.7. The van der Waals surface area contributed by atoms with Crippen LogP contribution >= 0.6 is 0 Å². The van der Waals surface area contributed by atoms with Gasteiger partial charge in [0.2, 0.25) is 18.0 Å². The van der Waals surface area contributed by atoms with Gasteiger partial charge in [-0.05, 0) is 124 Å². The van der Waals surface area contributed by atoms with Gasteiger partial charge in [-0.15, -0.1) is 6.58 Å². The molecule has 2 aromatic carbocycles. The van der Waals surface area contributed by atoms with E-state index in [4.69, 9.17) is 28.9 Å². The van der Waals surface area contributed by atoms with Crippen LogP contribution in [0.5, 0.6) is 17.2 Å². The zero-order chi connectivity index (χ0) is 38.5. The molecule has 0 radical (unpaired) electrons. The topological polar surface area (TPSA) is 119 Å². The average molecular weight is 757 g/mol. The molecule has 2 aliphatic heterocycles. The molecule has 0 spiro atoms. The number of allylic oxidation sites excluding steroid dienone is 1. The molecular weight excluding hydrogens is 697 g/mol. The van der Waals surface area contributed by atoms with E-state index in [1.807, 2.05) is 30.1 Å². The van der Waals surface area contributed by atoms with E-state index in [2.05, 4.69) is 44.7 Å². The molecule has 10 nitrogen and oxygen atoms in total. The lowest BCUT2D eigenvalue weighted by Gasteiger charge is -2.59. The number of carbonyl (C=O) groups excluding carboxylic acids is 1. The van der Waals surface area contributed by atoms with Crippen molar-refractivity contribution in [3.63, 3.8) is 0 Å². The van der Waals surface area contributed by atoms with Crippen molar-refractivity contribution in [3.8, 4) is 17.2 Å². The van der Waals surface area contributed by atoms with Crippen molar-refractivity contribution in [1.82, 2.24) is 4.90 Å². The minimum absolute atomic E-state index is 0.00375. The molecule has 298 valence electrons. The number of hydrogen-bond acceptors (Lipinski definition) is 9. The third kappa shape index (κ3) is 8.38. The van der Waals surface area contributed by atoms with E-state index in [1.165, 1.54) is 5.56 Å². The highest BCUT2D eigenvalue weighted by Crippen LogP contribution is 2.62. The van der Waals surface area contributed by atoms with Crippen LogP contribution < -0.4 is 9.47 Å². The number of amides is 1. The molecule has 3 fully saturated rings. The number of unbranched alkanes of at least 4 members (excludes halogenated alkanes) is 2. The second-order valence-electron chi connectivity index (χ2n) is 16.2. The third-order valence-electron chi connectivity index (χ3n) is 12.5. The Kier molecular flexibility index (Phi) is 12.7. The monoisotopic (exact) mass is 756 g/mol. The summed E-state index contributed by atoms with van der Waals surface area (Å²) in [5.41, 5.74) is 5.20. The van der Waals surface area contributed by atoms with Crippen molar-refractivity contribution in [1.29, 1.82) is 0 Å². The Morgan fingerprint density at radius 1 is 1.00 bits per heavy atom. The summed E-state index contributed by atoms with van der Waals surface area (Å²) in [5.74, 6) is 0.848. The Hall–Kier alpha value is -3.70. The number of ether oxygens (including phenoxy) is 4. The fraction of sp³-hybridized carbons (Fsp3) is 0.600. The van der Waals surface area contributed by atoms with E-state index in [0.717, 1.165) is 92.4 Å². The lowest BCUT2D eigenvalue weighted by atomic mass is 9.55. The lowest BCUT2D eigenvalue weighted by molar-refractivity contribution is -0.256. The van der Waals surface area contributed by atoms with Crippen LogP contribution in [0.3, 0.4) is 0 Å². The summed E-state index contributed by atoms with van der Waals surface area (Å²) in [4.78, 5) is 22.1. The van der Waals surface area contributed by atoms with Gasteiger partial charge >= 0.3 is 0 Å². The number of carbonyl (C=O) groups is 1. The van der Waals surface area contributed by atoms with Gasteiger partial charge in [-0.1, -0.05) is 36.2 Å². The fourth-order valence-electron chi connectivity index (χ4n) is 9.39. The number of rotatable bonds is 17. The number of likely N-dealkylation sites (N-methyl/N-ethyl adjacent to an activating group) is 1. The van der Waals surface area contributed by atoms with Gasteiger partial charge in [0, 0.05) is 50.5 Å². The molecular formula is C45H60N2O8. The highest BCUT2D eigenvalue weighted by Gasteiger charge is 2.65. The van der Waals surface area contributed by atoms with E-state index >= 15 is 0 Å². The van der Waals surface area contributed by atoms with Crippen LogP contribution in [-0.4, -0.2) is 78.3 Å². The summed E-state index contributed by atoms with van der Waals surface area (Å²) in [6.45, 7) is 9.35. The van der Waals surface area contributed by atoms with Gasteiger partial charge in [0.25, 0.3) is 0 Å². The van der Waals surface area contributed by atoms with E-state index in [-0.39, 0.29) is 55.3 Å². The van der Waals surface area contributed by atoms with Gasteiger partial charge in [0.1, 0.15) is 23.3 Å². The molecule has 2 heterocycles. The largest absolute Gasteiger partial charge is 0.459 e. The van der Waals surface area contributed by atoms with Crippen LogP contribution in [0.2, 0.25) is 0 Å². The number of fused-ring (bicyclic) bond motifs is 2. The van der Waals surface area contributed by atoms with Crippen molar-refractivity contribution >= 4 is 11.6 Å². The van der Waals surface area contributed by atoms with Crippen LogP contribution in [-0.2, 0) is 19.1 Å². The van der Waals surface area contributed by atoms with Crippen molar-refractivity contribution in [2.45, 2.75) is 115 Å². The van der Waals surface area contributed by atoms with Crippen LogP contribution in [0.15, 0.2) is 65.9 Å². The summed E-state index contributed by atoms with van der Waals surface area (Å²) < 4.78 is 26.8. The molecule has 3 aliphatic carbocycles. The van der Waals surface area contributed by atoms with E-state index in [1.54, 1.807) is 6.08 Å². The number of nitrogens with zero attached hydrogens (tertiary/aromatic N) is 2. The zero-order valence-corrected chi connectivity index (χ0v) is 32.9. The predicted molar refractivity (Wildman–Crippen MR) is 211 cm³/mol. The van der Waals surface area contributed by atoms with Gasteiger partial charge < -0.3 is 38.9 Å². The molecule has 7 rings (SSSR count). The van der Waals surface area contributed by atoms with E-state index in [9.17, 15) is 15.0 Å². The Bertz CT molecular complexity index is 1730. The van der Waals surface area contributed by atoms with Gasteiger partial charge in [0.15, 0.2) is 0 Å². The summed E-state index contributed by atoms with van der Waals surface area (Å²) in [5, 5.41) is 24.7. The number of aliphatic hydroxyl groups excluding tert-OH is 2. The van der Waals surface area contributed by atoms with Crippen LogP contribution in [0.25, 0.3) is 0 Å². The molecule has 0 bridgehead atoms. The van der Waals surface area contributed by atoms with Crippen molar-refractivity contribution in [2.75, 3.05) is 33.5 Å². The molecule has 7 unspecified atom stereocenters. The van der Waals surface area contributed by atoms with Crippen molar-refractivity contribution in [3.05, 3.63) is 77.4 Å². The maximum Gasteiger partial charge on any atom is 0.239 e. The molecule has 55 heavy (non-hydrogen) atoms. The van der Waals surface area contributed by atoms with Crippen molar-refractivity contribution < 1.29 is 38.8 Å². The summed E-state index contributed by atoms with van der Waals surface area (Å²) in [6.07, 6.45) is 13.5. The fourth-order valence-corrected chi connectivity index (χ4v) is 9.39. The normalized spacial score (nSPS) is 29.0. The maximum atomic E-state index is 14.0. The van der Waals surface area contributed by atoms with Gasteiger partial charge in [0.05, 0.1) is 24.8 Å². The highest BCUT2D eigenvalue weighted by atomic mass is 16.8. The minimum Gasteiger partial charge on any atom is -0.459 e. The second kappa shape index (κ2) is 17.6. The van der Waals surface area contributed by atoms with Crippen LogP contribution in [0.1, 0.15) is 99.7 Å². The SMILES string of the molecule is C=CCOC12Oc3ccc(Oc4ccc(C)c(C)c4)cc3C3C(CCCCO)C(CCCCO)C=C(C(=NOC4CCCCO4)CC1N(C)C(=O)C1CC1)C32. The van der Waals surface area contributed by atoms with Crippen LogP contribution in [0.4, 0.5) is 0 Å². The van der Waals surface area contributed by atoms with Crippen molar-refractivity contribution in [2.24, 2.45) is 28.8 Å². The Morgan fingerprint density at radius 2 is 1.76 bits per heavy atom. The predicted octanol–water partition coefficient (Wildman–Crippen LogP) is 8.12. The number of aliphatic hydroxyl groups is 2. The quantitative estimate of drug-likeness (QED) is 0.0944. The molecule has 5 aliphatic rings. The molecule has 1 amide bonds. The minimum atomic E-state index is -1.25.